The van der Waals surface area contributed by atoms with Gasteiger partial charge in [-0.2, -0.15) is 9.97 Å². The number of hydrogen-bond acceptors (Lipinski definition) is 8. The van der Waals surface area contributed by atoms with Crippen LogP contribution in [0.1, 0.15) is 31.9 Å². The Kier molecular flexibility index (Phi) is 6.48. The minimum Gasteiger partial charge on any atom is -0.462 e. The van der Waals surface area contributed by atoms with Crippen LogP contribution >= 0.6 is 22.9 Å². The Balaban J connectivity index is 1.54. The van der Waals surface area contributed by atoms with Crippen molar-refractivity contribution in [3.8, 4) is 17.1 Å². The summed E-state index contributed by atoms with van der Waals surface area (Å²) in [7, 11) is 2.09. The number of nitrogens with one attached hydrogen (secondary N) is 1. The van der Waals surface area contributed by atoms with Crippen LogP contribution in [0.4, 0.5) is 9.52 Å². The van der Waals surface area contributed by atoms with Crippen LogP contribution in [0.3, 0.4) is 0 Å². The molecule has 0 bridgehead atoms. The zero-order valence-electron chi connectivity index (χ0n) is 20.8. The number of fused-ring (bicyclic) bond motifs is 2. The van der Waals surface area contributed by atoms with Crippen LogP contribution in [0.25, 0.3) is 37.8 Å². The molecule has 10 heteroatoms. The van der Waals surface area contributed by atoms with Crippen molar-refractivity contribution in [3.05, 3.63) is 46.4 Å². The zero-order chi connectivity index (χ0) is 25.7. The quantitative estimate of drug-likeness (QED) is 0.346. The molecule has 37 heavy (non-hydrogen) atoms. The highest BCUT2D eigenvalue weighted by Crippen LogP contribution is 2.42. The summed E-state index contributed by atoms with van der Waals surface area (Å²) < 4.78 is 23.4. The van der Waals surface area contributed by atoms with E-state index >= 15 is 4.39 Å². The number of benzene rings is 2. The van der Waals surface area contributed by atoms with E-state index in [0.29, 0.717) is 39.9 Å². The van der Waals surface area contributed by atoms with Gasteiger partial charge in [-0.1, -0.05) is 40.6 Å². The Morgan fingerprint density at radius 3 is 2.92 bits per heavy atom. The molecule has 0 saturated carbocycles. The SMILES string of the molecule is CC1=C(c2nc(OCC3CCCN3C)nc3c(F)c(-c4cccc5sc(N)nc45)c(Cl)cc23)CCNC1. The molecule has 0 radical (unpaired) electrons. The highest BCUT2D eigenvalue weighted by atomic mass is 35.5. The fourth-order valence-electron chi connectivity index (χ4n) is 5.37. The van der Waals surface area contributed by atoms with E-state index in [1.165, 1.54) is 11.3 Å². The molecule has 1 atom stereocenters. The minimum absolute atomic E-state index is 0.185. The lowest BCUT2D eigenvalue weighted by molar-refractivity contribution is 0.188. The molecule has 0 amide bonds. The topological polar surface area (TPSA) is 89.2 Å². The molecule has 1 fully saturated rings. The maximum absolute atomic E-state index is 16.5. The van der Waals surface area contributed by atoms with Gasteiger partial charge in [0.05, 0.1) is 20.9 Å². The molecule has 192 valence electrons. The van der Waals surface area contributed by atoms with Gasteiger partial charge in [0.15, 0.2) is 10.9 Å². The summed E-state index contributed by atoms with van der Waals surface area (Å²) in [5.41, 5.74) is 10.5. The number of para-hydroxylation sites is 1. The summed E-state index contributed by atoms with van der Waals surface area (Å²) in [6.45, 7) is 5.15. The third kappa shape index (κ3) is 4.44. The molecule has 3 N–H and O–H groups in total. The van der Waals surface area contributed by atoms with Crippen molar-refractivity contribution in [1.29, 1.82) is 0 Å². The molecule has 0 spiro atoms. The van der Waals surface area contributed by atoms with Crippen molar-refractivity contribution in [2.75, 3.05) is 39.0 Å². The van der Waals surface area contributed by atoms with Crippen molar-refractivity contribution in [2.24, 2.45) is 0 Å². The zero-order valence-corrected chi connectivity index (χ0v) is 22.3. The van der Waals surface area contributed by atoms with Gasteiger partial charge in [-0.05, 0) is 64.0 Å². The maximum Gasteiger partial charge on any atom is 0.317 e. The molecule has 2 aliphatic heterocycles. The average molecular weight is 539 g/mol. The predicted octanol–water partition coefficient (Wildman–Crippen LogP) is 5.52. The maximum atomic E-state index is 16.5. The molecule has 2 aromatic carbocycles. The Bertz CT molecular complexity index is 1550. The van der Waals surface area contributed by atoms with Gasteiger partial charge in [0, 0.05) is 29.1 Å². The largest absolute Gasteiger partial charge is 0.462 e. The van der Waals surface area contributed by atoms with Gasteiger partial charge in [-0.3, -0.25) is 0 Å². The second-order valence-corrected chi connectivity index (χ2v) is 11.2. The lowest BCUT2D eigenvalue weighted by atomic mass is 9.94. The Hall–Kier alpha value is -2.85. The molecular weight excluding hydrogens is 511 g/mol. The fraction of sp³-hybridized carbons (Fsp3) is 0.370. The Morgan fingerprint density at radius 2 is 2.14 bits per heavy atom. The summed E-state index contributed by atoms with van der Waals surface area (Å²) in [6, 6.07) is 7.84. The smallest absolute Gasteiger partial charge is 0.317 e. The number of halogens is 2. The van der Waals surface area contributed by atoms with E-state index in [-0.39, 0.29) is 22.1 Å². The van der Waals surface area contributed by atoms with E-state index in [4.69, 9.17) is 27.1 Å². The highest BCUT2D eigenvalue weighted by Gasteiger charge is 2.26. The van der Waals surface area contributed by atoms with Gasteiger partial charge < -0.3 is 20.7 Å². The number of nitrogen functional groups attached to an aromatic ring is 1. The third-order valence-electron chi connectivity index (χ3n) is 7.39. The van der Waals surface area contributed by atoms with Crippen LogP contribution in [0, 0.1) is 5.82 Å². The van der Waals surface area contributed by atoms with Crippen molar-refractivity contribution in [1.82, 2.24) is 25.2 Å². The van der Waals surface area contributed by atoms with Crippen molar-refractivity contribution in [3.63, 3.8) is 0 Å². The number of aromatic nitrogens is 3. The van der Waals surface area contributed by atoms with E-state index in [1.54, 1.807) is 6.07 Å². The van der Waals surface area contributed by atoms with Gasteiger partial charge in [-0.25, -0.2) is 9.37 Å². The Morgan fingerprint density at radius 1 is 1.27 bits per heavy atom. The van der Waals surface area contributed by atoms with Gasteiger partial charge in [0.2, 0.25) is 0 Å². The number of nitrogens with two attached hydrogens (primary N) is 1. The number of likely N-dealkylation sites (tertiary alicyclic amines) is 1. The third-order valence-corrected chi connectivity index (χ3v) is 8.53. The lowest BCUT2D eigenvalue weighted by Crippen LogP contribution is -2.31. The van der Waals surface area contributed by atoms with Gasteiger partial charge in [-0.15, -0.1) is 0 Å². The molecule has 2 aliphatic rings. The number of nitrogens with zero attached hydrogens (tertiary/aromatic N) is 4. The van der Waals surface area contributed by atoms with Crippen molar-refractivity contribution >= 4 is 54.8 Å². The first kappa shape index (κ1) is 24.5. The van der Waals surface area contributed by atoms with E-state index in [2.05, 4.69) is 34.2 Å². The van der Waals surface area contributed by atoms with Gasteiger partial charge in [0.1, 0.15) is 12.1 Å². The standard InChI is InChI=1S/C27H28ClFN6OS/c1-14-12-31-9-8-16(14)23-18-11-19(28)21(17-6-3-7-20-24(17)32-26(30)37-20)22(29)25(18)34-27(33-23)36-13-15-5-4-10-35(15)2/h3,6-7,11,15,31H,4-5,8-10,12-13H2,1-2H3,(H2,30,32). The van der Waals surface area contributed by atoms with E-state index in [0.717, 1.165) is 54.7 Å². The molecule has 1 saturated heterocycles. The second kappa shape index (κ2) is 9.79. The minimum atomic E-state index is -0.514. The number of thiazole rings is 1. The number of likely N-dealkylation sites (N-methyl/N-ethyl adjacent to an activating group) is 1. The first-order valence-corrected chi connectivity index (χ1v) is 13.7. The fourth-order valence-corrected chi connectivity index (χ4v) is 6.43. The summed E-state index contributed by atoms with van der Waals surface area (Å²) in [4.78, 5) is 16.1. The van der Waals surface area contributed by atoms with Crippen LogP contribution in [0.2, 0.25) is 5.02 Å². The second-order valence-electron chi connectivity index (χ2n) is 9.78. The van der Waals surface area contributed by atoms with E-state index < -0.39 is 5.82 Å². The van der Waals surface area contributed by atoms with Crippen LogP contribution in [0.15, 0.2) is 29.8 Å². The highest BCUT2D eigenvalue weighted by molar-refractivity contribution is 7.22. The molecule has 0 aliphatic carbocycles. The summed E-state index contributed by atoms with van der Waals surface area (Å²) in [6.07, 6.45) is 2.97. The predicted molar refractivity (Wildman–Crippen MR) is 149 cm³/mol. The molecule has 4 heterocycles. The molecule has 1 unspecified atom stereocenters. The number of ether oxygens (including phenoxy) is 1. The average Bonchev–Trinajstić information content (AvgIpc) is 3.47. The van der Waals surface area contributed by atoms with E-state index in [1.807, 2.05) is 18.2 Å². The summed E-state index contributed by atoms with van der Waals surface area (Å²) >= 11 is 8.14. The monoisotopic (exact) mass is 538 g/mol. The first-order valence-electron chi connectivity index (χ1n) is 12.5. The molecule has 6 rings (SSSR count). The van der Waals surface area contributed by atoms with Crippen LogP contribution < -0.4 is 15.8 Å². The Labute approximate surface area is 223 Å². The van der Waals surface area contributed by atoms with Crippen molar-refractivity contribution < 1.29 is 9.13 Å². The number of rotatable bonds is 5. The van der Waals surface area contributed by atoms with Crippen LogP contribution in [-0.2, 0) is 0 Å². The summed E-state index contributed by atoms with van der Waals surface area (Å²) in [5, 5.41) is 4.66. The molecule has 2 aromatic heterocycles. The normalized spacial score (nSPS) is 18.9. The number of hydrogen-bond donors (Lipinski definition) is 2. The summed E-state index contributed by atoms with van der Waals surface area (Å²) in [5.74, 6) is -0.514. The van der Waals surface area contributed by atoms with E-state index in [9.17, 15) is 0 Å². The van der Waals surface area contributed by atoms with Crippen LogP contribution in [-0.4, -0.2) is 59.2 Å². The molecule has 7 nitrogen and oxygen atoms in total. The first-order chi connectivity index (χ1) is 17.9. The van der Waals surface area contributed by atoms with Crippen molar-refractivity contribution in [2.45, 2.75) is 32.2 Å². The van der Waals surface area contributed by atoms with Gasteiger partial charge in [0.25, 0.3) is 0 Å². The molecule has 4 aromatic rings. The van der Waals surface area contributed by atoms with Crippen LogP contribution in [0.5, 0.6) is 6.01 Å². The lowest BCUT2D eigenvalue weighted by Gasteiger charge is -2.22. The van der Waals surface area contributed by atoms with Gasteiger partial charge >= 0.3 is 6.01 Å². The molecular formula is C27H28ClFN6OS. The number of anilines is 1.